The molecular formula is C17H24N4O2S. The lowest BCUT2D eigenvalue weighted by Gasteiger charge is -2.11. The summed E-state index contributed by atoms with van der Waals surface area (Å²) in [6.07, 6.45) is 0.887. The minimum absolute atomic E-state index is 0.0437. The van der Waals surface area contributed by atoms with Crippen LogP contribution in [0.1, 0.15) is 23.4 Å². The SMILES string of the molecule is COCCCn1c(C)nnc1SCC(=O)Nc1cccc(C)c1C. The van der Waals surface area contributed by atoms with Crippen LogP contribution in [0, 0.1) is 20.8 Å². The number of methoxy groups -OCH3 is 1. The van der Waals surface area contributed by atoms with Gasteiger partial charge in [-0.3, -0.25) is 4.79 Å². The summed E-state index contributed by atoms with van der Waals surface area (Å²) in [5, 5.41) is 12.0. The number of nitrogens with one attached hydrogen (secondary N) is 1. The fraction of sp³-hybridized carbons (Fsp3) is 0.471. The van der Waals surface area contributed by atoms with Gasteiger partial charge < -0.3 is 14.6 Å². The number of thioether (sulfide) groups is 1. The molecule has 0 aliphatic rings. The van der Waals surface area contributed by atoms with Gasteiger partial charge in [0.25, 0.3) is 0 Å². The van der Waals surface area contributed by atoms with E-state index in [1.807, 2.05) is 43.5 Å². The zero-order valence-electron chi connectivity index (χ0n) is 14.6. The van der Waals surface area contributed by atoms with Crippen molar-refractivity contribution in [3.63, 3.8) is 0 Å². The van der Waals surface area contributed by atoms with E-state index in [9.17, 15) is 4.79 Å². The van der Waals surface area contributed by atoms with E-state index in [0.29, 0.717) is 12.4 Å². The number of anilines is 1. The number of ether oxygens (including phenoxy) is 1. The maximum Gasteiger partial charge on any atom is 0.234 e. The summed E-state index contributed by atoms with van der Waals surface area (Å²) in [5.74, 6) is 1.11. The van der Waals surface area contributed by atoms with Gasteiger partial charge in [-0.25, -0.2) is 0 Å². The van der Waals surface area contributed by atoms with Gasteiger partial charge in [-0.15, -0.1) is 10.2 Å². The highest BCUT2D eigenvalue weighted by Gasteiger charge is 2.12. The van der Waals surface area contributed by atoms with E-state index in [0.717, 1.165) is 40.8 Å². The highest BCUT2D eigenvalue weighted by Crippen LogP contribution is 2.20. The van der Waals surface area contributed by atoms with E-state index < -0.39 is 0 Å². The predicted octanol–water partition coefficient (Wildman–Crippen LogP) is 2.97. The summed E-state index contributed by atoms with van der Waals surface area (Å²) in [7, 11) is 1.69. The molecule has 6 nitrogen and oxygen atoms in total. The average molecular weight is 348 g/mol. The number of aryl methyl sites for hydroxylation is 2. The molecule has 130 valence electrons. The maximum atomic E-state index is 12.2. The molecule has 0 saturated carbocycles. The molecule has 0 saturated heterocycles. The summed E-state index contributed by atoms with van der Waals surface area (Å²) in [4.78, 5) is 12.2. The van der Waals surface area contributed by atoms with E-state index >= 15 is 0 Å². The lowest BCUT2D eigenvalue weighted by Crippen LogP contribution is -2.16. The number of hydrogen-bond acceptors (Lipinski definition) is 5. The molecule has 1 aromatic carbocycles. The molecule has 7 heteroatoms. The third-order valence-electron chi connectivity index (χ3n) is 3.84. The van der Waals surface area contributed by atoms with Gasteiger partial charge in [0.2, 0.25) is 5.91 Å². The van der Waals surface area contributed by atoms with Crippen LogP contribution in [0.4, 0.5) is 5.69 Å². The molecule has 1 N–H and O–H groups in total. The third kappa shape index (κ3) is 4.82. The van der Waals surface area contributed by atoms with E-state index in [2.05, 4.69) is 15.5 Å². The lowest BCUT2D eigenvalue weighted by atomic mass is 10.1. The Morgan fingerprint density at radius 2 is 2.08 bits per heavy atom. The summed E-state index contributed by atoms with van der Waals surface area (Å²) in [6, 6.07) is 5.90. The standard InChI is InChI=1S/C17H24N4O2S/c1-12-7-5-8-15(13(12)2)18-16(22)11-24-17-20-19-14(3)21(17)9-6-10-23-4/h5,7-8H,6,9-11H2,1-4H3,(H,18,22). The van der Waals surface area contributed by atoms with Crippen molar-refractivity contribution in [1.82, 2.24) is 14.8 Å². The van der Waals surface area contributed by atoms with Crippen molar-refractivity contribution in [1.29, 1.82) is 0 Å². The van der Waals surface area contributed by atoms with Gasteiger partial charge in [0, 0.05) is 25.9 Å². The van der Waals surface area contributed by atoms with Gasteiger partial charge in [-0.1, -0.05) is 23.9 Å². The van der Waals surface area contributed by atoms with E-state index in [1.165, 1.54) is 11.8 Å². The summed E-state index contributed by atoms with van der Waals surface area (Å²) in [5.41, 5.74) is 3.11. The molecule has 2 aromatic rings. The number of aromatic nitrogens is 3. The number of carbonyl (C=O) groups is 1. The minimum atomic E-state index is -0.0437. The van der Waals surface area contributed by atoms with Crippen LogP contribution in [0.15, 0.2) is 23.4 Å². The van der Waals surface area contributed by atoms with Crippen LogP contribution in [0.3, 0.4) is 0 Å². The second kappa shape index (κ2) is 8.84. The Bertz CT molecular complexity index is 700. The van der Waals surface area contributed by atoms with Crippen LogP contribution in [-0.4, -0.2) is 40.1 Å². The van der Waals surface area contributed by atoms with Crippen LogP contribution < -0.4 is 5.32 Å². The zero-order valence-corrected chi connectivity index (χ0v) is 15.4. The zero-order chi connectivity index (χ0) is 17.5. The normalized spacial score (nSPS) is 10.8. The van der Waals surface area contributed by atoms with Gasteiger partial charge in [0.15, 0.2) is 5.16 Å². The number of benzene rings is 1. The van der Waals surface area contributed by atoms with E-state index in [-0.39, 0.29) is 5.91 Å². The number of carbonyl (C=O) groups excluding carboxylic acids is 1. The van der Waals surface area contributed by atoms with Crippen molar-refractivity contribution >= 4 is 23.4 Å². The molecule has 1 heterocycles. The Kier molecular flexibility index (Phi) is 6.81. The molecule has 0 atom stereocenters. The number of nitrogens with zero attached hydrogens (tertiary/aromatic N) is 3. The molecule has 24 heavy (non-hydrogen) atoms. The fourth-order valence-electron chi connectivity index (χ4n) is 2.30. The molecular weight excluding hydrogens is 324 g/mol. The smallest absolute Gasteiger partial charge is 0.234 e. The van der Waals surface area contributed by atoms with Crippen LogP contribution >= 0.6 is 11.8 Å². The summed E-state index contributed by atoms with van der Waals surface area (Å²) < 4.78 is 7.10. The number of rotatable bonds is 8. The highest BCUT2D eigenvalue weighted by atomic mass is 32.2. The molecule has 0 bridgehead atoms. The molecule has 0 fully saturated rings. The molecule has 0 radical (unpaired) electrons. The first-order valence-electron chi connectivity index (χ1n) is 7.90. The Hall–Kier alpha value is -1.86. The fourth-order valence-corrected chi connectivity index (χ4v) is 3.11. The highest BCUT2D eigenvalue weighted by molar-refractivity contribution is 7.99. The first-order chi connectivity index (χ1) is 11.5. The Morgan fingerprint density at radius 3 is 2.83 bits per heavy atom. The summed E-state index contributed by atoms with van der Waals surface area (Å²) in [6.45, 7) is 7.43. The monoisotopic (exact) mass is 348 g/mol. The summed E-state index contributed by atoms with van der Waals surface area (Å²) >= 11 is 1.40. The van der Waals surface area contributed by atoms with Crippen molar-refractivity contribution in [2.45, 2.75) is 38.9 Å². The van der Waals surface area contributed by atoms with E-state index in [1.54, 1.807) is 7.11 Å². The van der Waals surface area contributed by atoms with Gasteiger partial charge in [-0.2, -0.15) is 0 Å². The molecule has 2 rings (SSSR count). The lowest BCUT2D eigenvalue weighted by molar-refractivity contribution is -0.113. The molecule has 0 unspecified atom stereocenters. The van der Waals surface area contributed by atoms with Crippen LogP contribution in [0.5, 0.6) is 0 Å². The van der Waals surface area contributed by atoms with Crippen molar-refractivity contribution < 1.29 is 9.53 Å². The third-order valence-corrected chi connectivity index (χ3v) is 4.81. The Balaban J connectivity index is 1.93. The van der Waals surface area contributed by atoms with Gasteiger partial charge in [-0.05, 0) is 44.4 Å². The predicted molar refractivity (Wildman–Crippen MR) is 96.5 cm³/mol. The molecule has 0 aliphatic heterocycles. The minimum Gasteiger partial charge on any atom is -0.385 e. The maximum absolute atomic E-state index is 12.2. The van der Waals surface area contributed by atoms with Crippen LogP contribution in [-0.2, 0) is 16.1 Å². The van der Waals surface area contributed by atoms with Crippen molar-refractivity contribution in [3.05, 3.63) is 35.2 Å². The van der Waals surface area contributed by atoms with Gasteiger partial charge in [0.1, 0.15) is 5.82 Å². The quantitative estimate of drug-likeness (QED) is 0.587. The number of hydrogen-bond donors (Lipinski definition) is 1. The van der Waals surface area contributed by atoms with Crippen molar-refractivity contribution in [2.75, 3.05) is 24.8 Å². The molecule has 1 amide bonds. The van der Waals surface area contributed by atoms with Crippen molar-refractivity contribution in [2.24, 2.45) is 0 Å². The Morgan fingerprint density at radius 1 is 1.29 bits per heavy atom. The first kappa shape index (κ1) is 18.5. The van der Waals surface area contributed by atoms with Crippen molar-refractivity contribution in [3.8, 4) is 0 Å². The van der Waals surface area contributed by atoms with Gasteiger partial charge >= 0.3 is 0 Å². The first-order valence-corrected chi connectivity index (χ1v) is 8.89. The Labute approximate surface area is 147 Å². The average Bonchev–Trinajstić information content (AvgIpc) is 2.91. The second-order valence-corrected chi connectivity index (χ2v) is 6.55. The molecule has 0 spiro atoms. The second-order valence-electron chi connectivity index (χ2n) is 5.61. The topological polar surface area (TPSA) is 69.0 Å². The van der Waals surface area contributed by atoms with Crippen LogP contribution in [0.25, 0.3) is 0 Å². The molecule has 1 aromatic heterocycles. The van der Waals surface area contributed by atoms with Crippen LogP contribution in [0.2, 0.25) is 0 Å². The van der Waals surface area contributed by atoms with E-state index in [4.69, 9.17) is 4.74 Å². The van der Waals surface area contributed by atoms with Gasteiger partial charge in [0.05, 0.1) is 5.75 Å². The number of amides is 1. The molecule has 0 aliphatic carbocycles. The largest absolute Gasteiger partial charge is 0.385 e.